The first-order valence-electron chi connectivity index (χ1n) is 8.32. The Hall–Kier alpha value is -0.400. The number of aromatic nitrogens is 1. The Bertz CT molecular complexity index is 534. The molecule has 1 saturated heterocycles. The van der Waals surface area contributed by atoms with Crippen LogP contribution < -0.4 is 11.1 Å². The maximum Gasteiger partial charge on any atom is 0.246 e. The third kappa shape index (κ3) is 5.30. The molecule has 1 saturated carbocycles. The van der Waals surface area contributed by atoms with E-state index in [0.717, 1.165) is 56.9 Å². The predicted molar refractivity (Wildman–Crippen MR) is 104 cm³/mol. The van der Waals surface area contributed by atoms with Crippen LogP contribution in [0.1, 0.15) is 51.1 Å². The Morgan fingerprint density at radius 2 is 2.12 bits per heavy atom. The largest absolute Gasteiger partial charge is 0.317 e. The van der Waals surface area contributed by atoms with E-state index in [9.17, 15) is 4.79 Å². The van der Waals surface area contributed by atoms with Gasteiger partial charge in [-0.05, 0) is 38.1 Å². The van der Waals surface area contributed by atoms with Gasteiger partial charge >= 0.3 is 0 Å². The highest BCUT2D eigenvalue weighted by atomic mass is 35.5. The molecule has 0 bridgehead atoms. The summed E-state index contributed by atoms with van der Waals surface area (Å²) in [5.74, 6) is 0.698. The van der Waals surface area contributed by atoms with Gasteiger partial charge in [-0.2, -0.15) is 0 Å². The van der Waals surface area contributed by atoms with Crippen molar-refractivity contribution in [3.8, 4) is 0 Å². The predicted octanol–water partition coefficient (Wildman–Crippen LogP) is 3.43. The normalized spacial score (nSPS) is 23.2. The number of nitrogens with two attached hydrogens (primary N) is 1. The highest BCUT2D eigenvalue weighted by Crippen LogP contribution is 2.29. The zero-order chi connectivity index (χ0) is 15.6. The molecule has 24 heavy (non-hydrogen) atoms. The van der Waals surface area contributed by atoms with Crippen molar-refractivity contribution in [2.45, 2.75) is 57.5 Å². The molecule has 2 aliphatic rings. The first-order valence-corrected chi connectivity index (χ1v) is 9.20. The van der Waals surface area contributed by atoms with E-state index in [1.807, 2.05) is 5.38 Å². The number of piperidine rings is 1. The van der Waals surface area contributed by atoms with Crippen molar-refractivity contribution < 1.29 is 4.79 Å². The van der Waals surface area contributed by atoms with Crippen LogP contribution in [0.4, 0.5) is 5.13 Å². The summed E-state index contributed by atoms with van der Waals surface area (Å²) in [7, 11) is 0. The lowest BCUT2D eigenvalue weighted by atomic mass is 9.98. The van der Waals surface area contributed by atoms with Crippen molar-refractivity contribution in [2.24, 2.45) is 11.7 Å². The van der Waals surface area contributed by atoms with Gasteiger partial charge in [-0.1, -0.05) is 19.8 Å². The Labute approximate surface area is 160 Å². The van der Waals surface area contributed by atoms with Crippen LogP contribution in [-0.2, 0) is 11.3 Å². The fraction of sp³-hybridized carbons (Fsp3) is 0.750. The maximum atomic E-state index is 12.3. The van der Waals surface area contributed by atoms with Crippen LogP contribution in [0.5, 0.6) is 0 Å². The molecule has 1 unspecified atom stereocenters. The van der Waals surface area contributed by atoms with E-state index in [1.165, 1.54) is 24.2 Å². The van der Waals surface area contributed by atoms with Gasteiger partial charge in [0.1, 0.15) is 0 Å². The summed E-state index contributed by atoms with van der Waals surface area (Å²) in [6.07, 6.45) is 6.24. The molecular weight excluding hydrogens is 367 g/mol. The molecular formula is C16H28Cl2N4OS. The van der Waals surface area contributed by atoms with Crippen LogP contribution in [0.15, 0.2) is 5.38 Å². The molecule has 2 fully saturated rings. The van der Waals surface area contributed by atoms with E-state index in [2.05, 4.69) is 22.1 Å². The molecule has 0 aromatic carbocycles. The summed E-state index contributed by atoms with van der Waals surface area (Å²) in [4.78, 5) is 19.3. The number of nitrogens with zero attached hydrogens (tertiary/aromatic N) is 2. The monoisotopic (exact) mass is 394 g/mol. The zero-order valence-electron chi connectivity index (χ0n) is 14.1. The molecule has 1 aromatic heterocycles. The Balaban J connectivity index is 0.00000144. The first kappa shape index (κ1) is 21.6. The van der Waals surface area contributed by atoms with Crippen molar-refractivity contribution in [3.05, 3.63) is 11.1 Å². The summed E-state index contributed by atoms with van der Waals surface area (Å²) in [5.41, 5.74) is 6.54. The van der Waals surface area contributed by atoms with Crippen molar-refractivity contribution in [1.82, 2.24) is 9.88 Å². The number of rotatable bonds is 4. The second-order valence-corrected chi connectivity index (χ2v) is 7.80. The highest BCUT2D eigenvalue weighted by molar-refractivity contribution is 7.13. The lowest BCUT2D eigenvalue weighted by Crippen LogP contribution is -2.48. The van der Waals surface area contributed by atoms with E-state index >= 15 is 0 Å². The number of halogens is 2. The number of thiazole rings is 1. The van der Waals surface area contributed by atoms with Gasteiger partial charge in [-0.25, -0.2) is 4.98 Å². The van der Waals surface area contributed by atoms with Gasteiger partial charge in [0, 0.05) is 18.5 Å². The smallest absolute Gasteiger partial charge is 0.246 e. The molecule has 1 aliphatic carbocycles. The van der Waals surface area contributed by atoms with Crippen molar-refractivity contribution >= 4 is 47.2 Å². The van der Waals surface area contributed by atoms with Crippen LogP contribution in [0, 0.1) is 5.92 Å². The van der Waals surface area contributed by atoms with Gasteiger partial charge in [0.2, 0.25) is 5.91 Å². The van der Waals surface area contributed by atoms with Crippen LogP contribution in [-0.4, -0.2) is 34.4 Å². The molecule has 1 aromatic rings. The van der Waals surface area contributed by atoms with Crippen molar-refractivity contribution in [2.75, 3.05) is 18.4 Å². The minimum atomic E-state index is -0.686. The Morgan fingerprint density at radius 1 is 1.42 bits per heavy atom. The van der Waals surface area contributed by atoms with Gasteiger partial charge in [0.15, 0.2) is 5.13 Å². The number of carbonyl (C=O) groups excluding carboxylic acids is 1. The van der Waals surface area contributed by atoms with E-state index < -0.39 is 5.54 Å². The highest BCUT2D eigenvalue weighted by Gasteiger charge is 2.37. The van der Waals surface area contributed by atoms with Gasteiger partial charge in [-0.3, -0.25) is 9.69 Å². The van der Waals surface area contributed by atoms with Crippen LogP contribution >= 0.6 is 36.2 Å². The molecule has 5 nitrogen and oxygen atoms in total. The van der Waals surface area contributed by atoms with E-state index in [4.69, 9.17) is 5.73 Å². The number of carbonyl (C=O) groups is 1. The molecule has 0 radical (unpaired) electrons. The van der Waals surface area contributed by atoms with Gasteiger partial charge < -0.3 is 11.1 Å². The molecule has 8 heteroatoms. The van der Waals surface area contributed by atoms with Crippen molar-refractivity contribution in [1.29, 1.82) is 0 Å². The summed E-state index contributed by atoms with van der Waals surface area (Å²) >= 11 is 1.50. The Kier molecular flexibility index (Phi) is 8.42. The number of hydrogen-bond donors (Lipinski definition) is 2. The molecule has 3 N–H and O–H groups in total. The van der Waals surface area contributed by atoms with Crippen LogP contribution in [0.2, 0.25) is 0 Å². The molecule has 1 aliphatic heterocycles. The summed E-state index contributed by atoms with van der Waals surface area (Å²) < 4.78 is 0. The molecule has 2 heterocycles. The first-order chi connectivity index (χ1) is 10.5. The molecule has 1 amide bonds. The minimum absolute atomic E-state index is 0. The van der Waals surface area contributed by atoms with Crippen LogP contribution in [0.3, 0.4) is 0 Å². The topological polar surface area (TPSA) is 71.2 Å². The Morgan fingerprint density at radius 3 is 2.79 bits per heavy atom. The number of anilines is 1. The second kappa shape index (κ2) is 9.34. The minimum Gasteiger partial charge on any atom is -0.317 e. The lowest BCUT2D eigenvalue weighted by Gasteiger charge is -2.30. The number of hydrogen-bond acceptors (Lipinski definition) is 5. The number of nitrogens with one attached hydrogen (secondary N) is 1. The molecule has 138 valence electrons. The van der Waals surface area contributed by atoms with Crippen molar-refractivity contribution in [3.63, 3.8) is 0 Å². The fourth-order valence-electron chi connectivity index (χ4n) is 3.55. The molecule has 3 rings (SSSR count). The fourth-order valence-corrected chi connectivity index (χ4v) is 4.25. The van der Waals surface area contributed by atoms with Gasteiger partial charge in [-0.15, -0.1) is 36.2 Å². The summed E-state index contributed by atoms with van der Waals surface area (Å²) in [6.45, 7) is 5.48. The third-order valence-corrected chi connectivity index (χ3v) is 5.65. The summed E-state index contributed by atoms with van der Waals surface area (Å²) in [6, 6.07) is 0. The SMILES string of the molecule is CC1CCCN(Cc2csc(NC(=O)C3(N)CCCC3)n2)C1.Cl.Cl. The third-order valence-electron chi connectivity index (χ3n) is 4.85. The maximum absolute atomic E-state index is 12.3. The van der Waals surface area contributed by atoms with E-state index in [1.54, 1.807) is 0 Å². The standard InChI is InChI=1S/C16H26N4OS.2ClH/c1-12-5-4-8-20(9-12)10-13-11-22-15(18-13)19-14(21)16(17)6-2-3-7-16;;/h11-12H,2-10,17H2,1H3,(H,18,19,21);2*1H. The zero-order valence-corrected chi connectivity index (χ0v) is 16.6. The average molecular weight is 395 g/mol. The van der Waals surface area contributed by atoms with E-state index in [0.29, 0.717) is 5.13 Å². The number of likely N-dealkylation sites (tertiary alicyclic amines) is 1. The lowest BCUT2D eigenvalue weighted by molar-refractivity contribution is -0.121. The average Bonchev–Trinajstić information content (AvgIpc) is 3.09. The van der Waals surface area contributed by atoms with E-state index in [-0.39, 0.29) is 30.7 Å². The van der Waals surface area contributed by atoms with Crippen LogP contribution in [0.25, 0.3) is 0 Å². The molecule has 0 spiro atoms. The second-order valence-electron chi connectivity index (χ2n) is 6.94. The molecule has 1 atom stereocenters. The summed E-state index contributed by atoms with van der Waals surface area (Å²) in [5, 5.41) is 5.65. The van der Waals surface area contributed by atoms with Gasteiger partial charge in [0.05, 0.1) is 11.2 Å². The van der Waals surface area contributed by atoms with Gasteiger partial charge in [0.25, 0.3) is 0 Å². The number of amides is 1. The quantitative estimate of drug-likeness (QED) is 0.820.